The standard InChI is InChI=1S/C14H27NO/c1-3-14(16)8-6-12(7-9-14)15-13-5-4-11(2)10-13/h11-13,15-16H,3-10H2,1-2H3. The number of hydrogen-bond donors (Lipinski definition) is 2. The zero-order valence-electron chi connectivity index (χ0n) is 10.8. The van der Waals surface area contributed by atoms with Gasteiger partial charge in [0.25, 0.3) is 0 Å². The van der Waals surface area contributed by atoms with Crippen LogP contribution in [0.25, 0.3) is 0 Å². The topological polar surface area (TPSA) is 32.3 Å². The first-order chi connectivity index (χ1) is 7.61. The summed E-state index contributed by atoms with van der Waals surface area (Å²) in [5.41, 5.74) is -0.346. The van der Waals surface area contributed by atoms with Crippen LogP contribution >= 0.6 is 0 Å². The Balaban J connectivity index is 1.73. The van der Waals surface area contributed by atoms with E-state index in [4.69, 9.17) is 0 Å². The highest BCUT2D eigenvalue weighted by Crippen LogP contribution is 2.32. The van der Waals surface area contributed by atoms with E-state index in [1.54, 1.807) is 0 Å². The predicted molar refractivity (Wildman–Crippen MR) is 67.4 cm³/mol. The lowest BCUT2D eigenvalue weighted by Gasteiger charge is -2.36. The molecule has 0 aliphatic heterocycles. The van der Waals surface area contributed by atoms with Gasteiger partial charge in [0, 0.05) is 12.1 Å². The van der Waals surface area contributed by atoms with Crippen molar-refractivity contribution in [2.75, 3.05) is 0 Å². The maximum atomic E-state index is 10.2. The summed E-state index contributed by atoms with van der Waals surface area (Å²) in [5.74, 6) is 0.911. The van der Waals surface area contributed by atoms with E-state index in [1.807, 2.05) is 0 Å². The monoisotopic (exact) mass is 225 g/mol. The fourth-order valence-electron chi connectivity index (χ4n) is 3.37. The Labute approximate surface area is 99.8 Å². The van der Waals surface area contributed by atoms with Gasteiger partial charge < -0.3 is 10.4 Å². The molecule has 2 unspecified atom stereocenters. The number of nitrogens with one attached hydrogen (secondary N) is 1. The second kappa shape index (κ2) is 5.05. The van der Waals surface area contributed by atoms with E-state index in [9.17, 15) is 5.11 Å². The van der Waals surface area contributed by atoms with Crippen LogP contribution in [-0.2, 0) is 0 Å². The Bertz CT molecular complexity index is 221. The molecule has 2 saturated carbocycles. The first kappa shape index (κ1) is 12.4. The van der Waals surface area contributed by atoms with Gasteiger partial charge in [-0.1, -0.05) is 13.8 Å². The average Bonchev–Trinajstić information content (AvgIpc) is 2.68. The van der Waals surface area contributed by atoms with E-state index in [2.05, 4.69) is 19.2 Å². The summed E-state index contributed by atoms with van der Waals surface area (Å²) >= 11 is 0. The van der Waals surface area contributed by atoms with Gasteiger partial charge in [0.05, 0.1) is 5.60 Å². The lowest BCUT2D eigenvalue weighted by atomic mass is 9.80. The number of hydrogen-bond acceptors (Lipinski definition) is 2. The molecule has 0 aromatic carbocycles. The minimum Gasteiger partial charge on any atom is -0.390 e. The van der Waals surface area contributed by atoms with Crippen molar-refractivity contribution in [1.29, 1.82) is 0 Å². The molecule has 16 heavy (non-hydrogen) atoms. The number of rotatable bonds is 3. The maximum Gasteiger partial charge on any atom is 0.0646 e. The van der Waals surface area contributed by atoms with Gasteiger partial charge in [-0.3, -0.25) is 0 Å². The Kier molecular flexibility index (Phi) is 3.91. The largest absolute Gasteiger partial charge is 0.390 e. The number of aliphatic hydroxyl groups is 1. The van der Waals surface area contributed by atoms with Crippen molar-refractivity contribution in [2.24, 2.45) is 5.92 Å². The summed E-state index contributed by atoms with van der Waals surface area (Å²) < 4.78 is 0. The molecule has 2 atom stereocenters. The first-order valence-electron chi connectivity index (χ1n) is 7.10. The Morgan fingerprint density at radius 3 is 2.31 bits per heavy atom. The van der Waals surface area contributed by atoms with Crippen LogP contribution < -0.4 is 5.32 Å². The summed E-state index contributed by atoms with van der Waals surface area (Å²) in [7, 11) is 0. The molecule has 2 aliphatic carbocycles. The molecule has 2 aliphatic rings. The molecular formula is C14H27NO. The first-order valence-corrected chi connectivity index (χ1v) is 7.10. The van der Waals surface area contributed by atoms with Gasteiger partial charge in [0.1, 0.15) is 0 Å². The van der Waals surface area contributed by atoms with Gasteiger partial charge in [-0.2, -0.15) is 0 Å². The van der Waals surface area contributed by atoms with E-state index in [0.717, 1.165) is 44.1 Å². The molecule has 2 N–H and O–H groups in total. The lowest BCUT2D eigenvalue weighted by molar-refractivity contribution is -0.00777. The lowest BCUT2D eigenvalue weighted by Crippen LogP contribution is -2.44. The van der Waals surface area contributed by atoms with Crippen LogP contribution in [-0.4, -0.2) is 22.8 Å². The minimum atomic E-state index is -0.346. The third-order valence-electron chi connectivity index (χ3n) is 4.74. The van der Waals surface area contributed by atoms with Crippen molar-refractivity contribution in [2.45, 2.75) is 82.9 Å². The highest BCUT2D eigenvalue weighted by atomic mass is 16.3. The minimum absolute atomic E-state index is 0.346. The van der Waals surface area contributed by atoms with Crippen molar-refractivity contribution in [1.82, 2.24) is 5.32 Å². The normalized spacial score (nSPS) is 44.8. The van der Waals surface area contributed by atoms with Crippen molar-refractivity contribution in [3.05, 3.63) is 0 Å². The summed E-state index contributed by atoms with van der Waals surface area (Å²) in [6.45, 7) is 4.46. The maximum absolute atomic E-state index is 10.2. The Hall–Kier alpha value is -0.0800. The van der Waals surface area contributed by atoms with E-state index in [0.29, 0.717) is 6.04 Å². The molecule has 0 heterocycles. The van der Waals surface area contributed by atoms with Crippen molar-refractivity contribution >= 4 is 0 Å². The SMILES string of the molecule is CCC1(O)CCC(NC2CCC(C)C2)CC1. The van der Waals surface area contributed by atoms with E-state index in [-0.39, 0.29) is 5.60 Å². The molecule has 0 radical (unpaired) electrons. The molecule has 2 heteroatoms. The van der Waals surface area contributed by atoms with Crippen molar-refractivity contribution < 1.29 is 5.11 Å². The van der Waals surface area contributed by atoms with Gasteiger partial charge in [-0.25, -0.2) is 0 Å². The summed E-state index contributed by atoms with van der Waals surface area (Å²) in [5, 5.41) is 14.0. The van der Waals surface area contributed by atoms with Gasteiger partial charge in [0.2, 0.25) is 0 Å². The zero-order chi connectivity index (χ0) is 11.6. The van der Waals surface area contributed by atoms with Crippen molar-refractivity contribution in [3.63, 3.8) is 0 Å². The fourth-order valence-corrected chi connectivity index (χ4v) is 3.37. The fraction of sp³-hybridized carbons (Fsp3) is 1.00. The zero-order valence-corrected chi connectivity index (χ0v) is 10.8. The predicted octanol–water partition coefficient (Wildman–Crippen LogP) is 2.85. The van der Waals surface area contributed by atoms with Crippen LogP contribution in [0.15, 0.2) is 0 Å². The molecular weight excluding hydrogens is 198 g/mol. The van der Waals surface area contributed by atoms with Crippen LogP contribution in [0, 0.1) is 5.92 Å². The van der Waals surface area contributed by atoms with Gasteiger partial charge in [-0.15, -0.1) is 0 Å². The molecule has 2 nitrogen and oxygen atoms in total. The molecule has 0 saturated heterocycles. The van der Waals surface area contributed by atoms with Gasteiger partial charge >= 0.3 is 0 Å². The smallest absolute Gasteiger partial charge is 0.0646 e. The molecule has 94 valence electrons. The second-order valence-corrected chi connectivity index (χ2v) is 6.13. The van der Waals surface area contributed by atoms with E-state index < -0.39 is 0 Å². The quantitative estimate of drug-likeness (QED) is 0.774. The second-order valence-electron chi connectivity index (χ2n) is 6.13. The van der Waals surface area contributed by atoms with E-state index in [1.165, 1.54) is 19.3 Å². The Morgan fingerprint density at radius 2 is 1.81 bits per heavy atom. The van der Waals surface area contributed by atoms with E-state index >= 15 is 0 Å². The third kappa shape index (κ3) is 2.98. The van der Waals surface area contributed by atoms with Crippen LogP contribution in [0.1, 0.15) is 65.2 Å². The highest BCUT2D eigenvalue weighted by Gasteiger charge is 2.32. The summed E-state index contributed by atoms with van der Waals surface area (Å²) in [6.07, 6.45) is 9.32. The summed E-state index contributed by atoms with van der Waals surface area (Å²) in [6, 6.07) is 1.43. The van der Waals surface area contributed by atoms with Crippen LogP contribution in [0.3, 0.4) is 0 Å². The third-order valence-corrected chi connectivity index (χ3v) is 4.74. The molecule has 0 bridgehead atoms. The van der Waals surface area contributed by atoms with Gasteiger partial charge in [0.15, 0.2) is 0 Å². The molecule has 0 aromatic heterocycles. The molecule has 0 aromatic rings. The Morgan fingerprint density at radius 1 is 1.12 bits per heavy atom. The van der Waals surface area contributed by atoms with Crippen LogP contribution in [0.4, 0.5) is 0 Å². The highest BCUT2D eigenvalue weighted by molar-refractivity contribution is 4.89. The van der Waals surface area contributed by atoms with Crippen LogP contribution in [0.5, 0.6) is 0 Å². The average molecular weight is 225 g/mol. The molecule has 0 spiro atoms. The van der Waals surface area contributed by atoms with Crippen LogP contribution in [0.2, 0.25) is 0 Å². The van der Waals surface area contributed by atoms with Gasteiger partial charge in [-0.05, 0) is 57.3 Å². The molecule has 0 amide bonds. The van der Waals surface area contributed by atoms with Crippen molar-refractivity contribution in [3.8, 4) is 0 Å². The molecule has 2 fully saturated rings. The summed E-state index contributed by atoms with van der Waals surface area (Å²) in [4.78, 5) is 0. The molecule has 2 rings (SSSR count).